The van der Waals surface area contributed by atoms with Gasteiger partial charge < -0.3 is 16.4 Å². The molecular weight excluding hydrogens is 259 g/mol. The molecule has 0 spiro atoms. The molecule has 0 atom stereocenters. The van der Waals surface area contributed by atoms with Crippen LogP contribution in [-0.2, 0) is 0 Å². The van der Waals surface area contributed by atoms with Gasteiger partial charge in [-0.1, -0.05) is 12.1 Å². The summed E-state index contributed by atoms with van der Waals surface area (Å²) in [6, 6.07) is 5.83. The summed E-state index contributed by atoms with van der Waals surface area (Å²) >= 11 is 0. The summed E-state index contributed by atoms with van der Waals surface area (Å²) in [4.78, 5) is 15.8. The molecule has 0 saturated heterocycles. The Morgan fingerprint density at radius 3 is 2.60 bits per heavy atom. The summed E-state index contributed by atoms with van der Waals surface area (Å²) in [5.74, 6) is -0.680. The second-order valence-electron chi connectivity index (χ2n) is 5.38. The zero-order chi connectivity index (χ0) is 15.2. The minimum atomic E-state index is -0.539. The number of nitrogens with one attached hydrogen (secondary N) is 2. The molecule has 0 heterocycles. The Morgan fingerprint density at radius 2 is 2.00 bits per heavy atom. The lowest BCUT2D eigenvalue weighted by molar-refractivity contribution is 0.0951. The maximum atomic E-state index is 13.3. The molecule has 1 amide bonds. The number of benzene rings is 1. The van der Waals surface area contributed by atoms with Gasteiger partial charge in [-0.25, -0.2) is 4.39 Å². The van der Waals surface area contributed by atoms with Gasteiger partial charge in [0.2, 0.25) is 0 Å². The second-order valence-corrected chi connectivity index (χ2v) is 5.38. The fraction of sp³-hybridized carbons (Fsp3) is 0.429. The van der Waals surface area contributed by atoms with Crippen LogP contribution in [0.1, 0.15) is 31.1 Å². The van der Waals surface area contributed by atoms with Gasteiger partial charge in [0.1, 0.15) is 5.82 Å². The summed E-state index contributed by atoms with van der Waals surface area (Å²) in [5.41, 5.74) is 5.54. The number of amides is 1. The van der Waals surface area contributed by atoms with Crippen LogP contribution in [0.2, 0.25) is 0 Å². The molecule has 6 heteroatoms. The highest BCUT2D eigenvalue weighted by Gasteiger charge is 2.10. The highest BCUT2D eigenvalue weighted by atomic mass is 19.1. The van der Waals surface area contributed by atoms with Crippen molar-refractivity contribution >= 4 is 11.9 Å². The quantitative estimate of drug-likeness (QED) is 0.441. The molecule has 0 aliphatic heterocycles. The highest BCUT2D eigenvalue weighted by Crippen LogP contribution is 2.05. The van der Waals surface area contributed by atoms with Crippen LogP contribution in [0.15, 0.2) is 29.3 Å². The summed E-state index contributed by atoms with van der Waals surface area (Å²) in [5, 5.41) is 5.59. The van der Waals surface area contributed by atoms with Gasteiger partial charge in [0, 0.05) is 12.1 Å². The number of carbonyl (C=O) groups excluding carboxylic acids is 1. The molecule has 0 aliphatic rings. The minimum Gasteiger partial charge on any atom is -0.370 e. The van der Waals surface area contributed by atoms with Gasteiger partial charge in [0.05, 0.1) is 12.1 Å². The van der Waals surface area contributed by atoms with Crippen molar-refractivity contribution < 1.29 is 9.18 Å². The lowest BCUT2D eigenvalue weighted by Gasteiger charge is -2.20. The molecule has 5 nitrogen and oxygen atoms in total. The van der Waals surface area contributed by atoms with Crippen molar-refractivity contribution in [2.45, 2.75) is 26.3 Å². The molecule has 0 unspecified atom stereocenters. The van der Waals surface area contributed by atoms with Gasteiger partial charge in [0.15, 0.2) is 5.96 Å². The SMILES string of the molecule is CC(C)(C)NC(N)=NCCNC(=O)c1ccccc1F. The van der Waals surface area contributed by atoms with E-state index in [0.717, 1.165) is 0 Å². The van der Waals surface area contributed by atoms with E-state index in [9.17, 15) is 9.18 Å². The van der Waals surface area contributed by atoms with Crippen LogP contribution in [0.3, 0.4) is 0 Å². The minimum absolute atomic E-state index is 0.0252. The maximum absolute atomic E-state index is 13.3. The Morgan fingerprint density at radius 1 is 1.35 bits per heavy atom. The highest BCUT2D eigenvalue weighted by molar-refractivity contribution is 5.94. The van der Waals surface area contributed by atoms with E-state index in [0.29, 0.717) is 19.0 Å². The molecule has 0 aromatic heterocycles. The van der Waals surface area contributed by atoms with Crippen molar-refractivity contribution in [1.82, 2.24) is 10.6 Å². The molecule has 1 aromatic rings. The Bertz CT molecular complexity index is 494. The number of nitrogens with two attached hydrogens (primary N) is 1. The van der Waals surface area contributed by atoms with E-state index in [1.165, 1.54) is 18.2 Å². The van der Waals surface area contributed by atoms with Crippen LogP contribution in [0, 0.1) is 5.82 Å². The predicted molar refractivity (Wildman–Crippen MR) is 78.1 cm³/mol. The van der Waals surface area contributed by atoms with E-state index >= 15 is 0 Å². The van der Waals surface area contributed by atoms with Crippen LogP contribution < -0.4 is 16.4 Å². The third kappa shape index (κ3) is 5.69. The van der Waals surface area contributed by atoms with Crippen LogP contribution in [0.5, 0.6) is 0 Å². The Kier molecular flexibility index (Phi) is 5.49. The number of carbonyl (C=O) groups is 1. The van der Waals surface area contributed by atoms with E-state index in [1.54, 1.807) is 6.07 Å². The van der Waals surface area contributed by atoms with Crippen LogP contribution in [0.4, 0.5) is 4.39 Å². The van der Waals surface area contributed by atoms with Gasteiger partial charge in [-0.3, -0.25) is 9.79 Å². The summed E-state index contributed by atoms with van der Waals surface area (Å²) in [6.07, 6.45) is 0. The van der Waals surface area contributed by atoms with Gasteiger partial charge in [0.25, 0.3) is 5.91 Å². The van der Waals surface area contributed by atoms with Gasteiger partial charge >= 0.3 is 0 Å². The number of guanidine groups is 1. The van der Waals surface area contributed by atoms with Gasteiger partial charge in [-0.2, -0.15) is 0 Å². The molecule has 1 aromatic carbocycles. The van der Waals surface area contributed by atoms with Crippen molar-refractivity contribution in [1.29, 1.82) is 0 Å². The van der Waals surface area contributed by atoms with Gasteiger partial charge in [-0.05, 0) is 32.9 Å². The summed E-state index contributed by atoms with van der Waals surface area (Å²) in [6.45, 7) is 6.52. The molecule has 0 aliphatic carbocycles. The van der Waals surface area contributed by atoms with Crippen molar-refractivity contribution in [3.63, 3.8) is 0 Å². The molecule has 110 valence electrons. The molecule has 1 rings (SSSR count). The molecular formula is C14H21FN4O. The topological polar surface area (TPSA) is 79.5 Å². The lowest BCUT2D eigenvalue weighted by atomic mass is 10.1. The zero-order valence-electron chi connectivity index (χ0n) is 12.0. The normalized spacial score (nSPS) is 12.1. The smallest absolute Gasteiger partial charge is 0.254 e. The third-order valence-electron chi connectivity index (χ3n) is 2.30. The third-order valence-corrected chi connectivity index (χ3v) is 2.30. The molecule has 20 heavy (non-hydrogen) atoms. The largest absolute Gasteiger partial charge is 0.370 e. The number of hydrogen-bond donors (Lipinski definition) is 3. The predicted octanol–water partition coefficient (Wildman–Crippen LogP) is 1.26. The summed E-state index contributed by atoms with van der Waals surface area (Å²) in [7, 11) is 0. The van der Waals surface area contributed by atoms with Crippen LogP contribution >= 0.6 is 0 Å². The zero-order valence-corrected chi connectivity index (χ0v) is 12.0. The van der Waals surface area contributed by atoms with Crippen molar-refractivity contribution in [2.24, 2.45) is 10.7 Å². The standard InChI is InChI=1S/C14H21FN4O/c1-14(2,3)19-13(16)18-9-8-17-12(20)10-6-4-5-7-11(10)15/h4-7H,8-9H2,1-3H3,(H,17,20)(H3,16,18,19). The molecule has 0 radical (unpaired) electrons. The number of rotatable bonds is 4. The first-order valence-electron chi connectivity index (χ1n) is 6.40. The Hall–Kier alpha value is -2.11. The van der Waals surface area contributed by atoms with E-state index in [2.05, 4.69) is 15.6 Å². The number of aliphatic imine (C=N–C) groups is 1. The monoisotopic (exact) mass is 280 g/mol. The first-order valence-corrected chi connectivity index (χ1v) is 6.40. The average molecular weight is 280 g/mol. The Balaban J connectivity index is 2.40. The van der Waals surface area contributed by atoms with E-state index in [4.69, 9.17) is 5.73 Å². The van der Waals surface area contributed by atoms with Crippen LogP contribution in [0.25, 0.3) is 0 Å². The van der Waals surface area contributed by atoms with Gasteiger partial charge in [-0.15, -0.1) is 0 Å². The molecule has 0 saturated carbocycles. The summed E-state index contributed by atoms with van der Waals surface area (Å²) < 4.78 is 13.3. The Labute approximate surface area is 118 Å². The lowest BCUT2D eigenvalue weighted by Crippen LogP contribution is -2.45. The number of halogens is 1. The fourth-order valence-corrected chi connectivity index (χ4v) is 1.51. The average Bonchev–Trinajstić information content (AvgIpc) is 2.33. The maximum Gasteiger partial charge on any atom is 0.254 e. The van der Waals surface area contributed by atoms with Crippen LogP contribution in [-0.4, -0.2) is 30.5 Å². The second kappa shape index (κ2) is 6.88. The molecule has 0 bridgehead atoms. The van der Waals surface area contributed by atoms with Crippen molar-refractivity contribution in [2.75, 3.05) is 13.1 Å². The molecule has 0 fully saturated rings. The number of hydrogen-bond acceptors (Lipinski definition) is 2. The first-order chi connectivity index (χ1) is 9.29. The van der Waals surface area contributed by atoms with Crippen molar-refractivity contribution in [3.8, 4) is 0 Å². The van der Waals surface area contributed by atoms with E-state index in [1.807, 2.05) is 20.8 Å². The van der Waals surface area contributed by atoms with E-state index < -0.39 is 11.7 Å². The number of nitrogens with zero attached hydrogens (tertiary/aromatic N) is 1. The first kappa shape index (κ1) is 15.9. The van der Waals surface area contributed by atoms with E-state index in [-0.39, 0.29) is 11.1 Å². The van der Waals surface area contributed by atoms with Crippen molar-refractivity contribution in [3.05, 3.63) is 35.6 Å². The fourth-order valence-electron chi connectivity index (χ4n) is 1.51. The molecule has 4 N–H and O–H groups in total.